The normalized spacial score (nSPS) is 11.9. The Hall–Kier alpha value is -2.51. The maximum atomic E-state index is 12.2. The molecule has 0 aliphatic carbocycles. The van der Waals surface area contributed by atoms with E-state index in [4.69, 9.17) is 4.74 Å². The highest BCUT2D eigenvalue weighted by molar-refractivity contribution is 7.26. The van der Waals surface area contributed by atoms with Crippen LogP contribution in [-0.4, -0.2) is 29.5 Å². The van der Waals surface area contributed by atoms with Gasteiger partial charge < -0.3 is 10.1 Å². The number of hydrogen-bond acceptors (Lipinski definition) is 6. The molecule has 0 bridgehead atoms. The second kappa shape index (κ2) is 7.58. The SMILES string of the molecule is C=CCNC(=O)C(C)OC(=O)c1ccc(-c2nc3ccccc3s2)s1. The summed E-state index contributed by atoms with van der Waals surface area (Å²) >= 11 is 2.88. The second-order valence-electron chi connectivity index (χ2n) is 5.23. The van der Waals surface area contributed by atoms with Crippen molar-refractivity contribution >= 4 is 44.8 Å². The van der Waals surface area contributed by atoms with E-state index in [0.717, 1.165) is 20.1 Å². The number of fused-ring (bicyclic) bond motifs is 1. The molecule has 2 heterocycles. The van der Waals surface area contributed by atoms with Crippen molar-refractivity contribution in [2.45, 2.75) is 13.0 Å². The van der Waals surface area contributed by atoms with Crippen LogP contribution in [0.4, 0.5) is 0 Å². The number of para-hydroxylation sites is 1. The summed E-state index contributed by atoms with van der Waals surface area (Å²) in [4.78, 5) is 29.9. The van der Waals surface area contributed by atoms with Gasteiger partial charge in [0.15, 0.2) is 6.10 Å². The number of rotatable bonds is 6. The quantitative estimate of drug-likeness (QED) is 0.527. The Labute approximate surface area is 153 Å². The van der Waals surface area contributed by atoms with Crippen LogP contribution in [0.3, 0.4) is 0 Å². The van der Waals surface area contributed by atoms with Crippen molar-refractivity contribution in [3.63, 3.8) is 0 Å². The number of aromatic nitrogens is 1. The molecule has 25 heavy (non-hydrogen) atoms. The first-order valence-corrected chi connectivity index (χ1v) is 9.27. The summed E-state index contributed by atoms with van der Waals surface area (Å²) in [6, 6.07) is 11.4. The van der Waals surface area contributed by atoms with Gasteiger partial charge in [0.25, 0.3) is 5.91 Å². The molecule has 1 aromatic carbocycles. The van der Waals surface area contributed by atoms with Gasteiger partial charge in [0.2, 0.25) is 0 Å². The number of thiophene rings is 1. The molecule has 0 aliphatic heterocycles. The van der Waals surface area contributed by atoms with E-state index in [0.29, 0.717) is 11.4 Å². The molecular formula is C18H16N2O3S2. The number of carbonyl (C=O) groups is 2. The Kier molecular flexibility index (Phi) is 5.25. The van der Waals surface area contributed by atoms with Gasteiger partial charge >= 0.3 is 5.97 Å². The summed E-state index contributed by atoms with van der Waals surface area (Å²) in [6.07, 6.45) is 0.705. The van der Waals surface area contributed by atoms with Crippen LogP contribution in [0.1, 0.15) is 16.6 Å². The van der Waals surface area contributed by atoms with E-state index in [-0.39, 0.29) is 5.91 Å². The molecule has 0 radical (unpaired) electrons. The predicted molar refractivity (Wildman–Crippen MR) is 101 cm³/mol. The Balaban J connectivity index is 1.71. The molecule has 0 saturated heterocycles. The zero-order valence-corrected chi connectivity index (χ0v) is 15.2. The molecule has 3 aromatic rings. The Morgan fingerprint density at radius 3 is 2.84 bits per heavy atom. The standard InChI is InChI=1S/C18H16N2O3S2/c1-3-10-19-16(21)11(2)23-18(22)15-9-8-14(24-15)17-20-12-6-4-5-7-13(12)25-17/h3-9,11H,1,10H2,2H3,(H,19,21). The van der Waals surface area contributed by atoms with E-state index >= 15 is 0 Å². The Morgan fingerprint density at radius 2 is 2.08 bits per heavy atom. The van der Waals surface area contributed by atoms with Crippen LogP contribution in [0.25, 0.3) is 20.1 Å². The molecule has 1 atom stereocenters. The summed E-state index contributed by atoms with van der Waals surface area (Å²) in [6.45, 7) is 5.40. The molecule has 0 aliphatic rings. The highest BCUT2D eigenvalue weighted by Crippen LogP contribution is 2.34. The van der Waals surface area contributed by atoms with Gasteiger partial charge in [-0.2, -0.15) is 0 Å². The van der Waals surface area contributed by atoms with E-state index < -0.39 is 12.1 Å². The monoisotopic (exact) mass is 372 g/mol. The van der Waals surface area contributed by atoms with Crippen molar-refractivity contribution in [3.05, 3.63) is 53.9 Å². The van der Waals surface area contributed by atoms with Crippen LogP contribution in [0.2, 0.25) is 0 Å². The van der Waals surface area contributed by atoms with Crippen molar-refractivity contribution < 1.29 is 14.3 Å². The fourth-order valence-electron chi connectivity index (χ4n) is 2.13. The van der Waals surface area contributed by atoms with Crippen molar-refractivity contribution in [2.75, 3.05) is 6.54 Å². The number of thiazole rings is 1. The fraction of sp³-hybridized carbons (Fsp3) is 0.167. The average molecular weight is 372 g/mol. The Bertz CT molecular complexity index is 896. The first-order chi connectivity index (χ1) is 12.1. The number of esters is 1. The largest absolute Gasteiger partial charge is 0.448 e. The predicted octanol–water partition coefficient (Wildman–Crippen LogP) is 3.87. The van der Waals surface area contributed by atoms with E-state index in [1.54, 1.807) is 30.4 Å². The molecular weight excluding hydrogens is 356 g/mol. The van der Waals surface area contributed by atoms with Gasteiger partial charge in [0.1, 0.15) is 9.88 Å². The lowest BCUT2D eigenvalue weighted by Gasteiger charge is -2.11. The van der Waals surface area contributed by atoms with Crippen LogP contribution in [0.5, 0.6) is 0 Å². The van der Waals surface area contributed by atoms with Gasteiger partial charge in [-0.1, -0.05) is 18.2 Å². The van der Waals surface area contributed by atoms with E-state index in [9.17, 15) is 9.59 Å². The summed E-state index contributed by atoms with van der Waals surface area (Å²) in [5.41, 5.74) is 0.938. The van der Waals surface area contributed by atoms with E-state index in [1.165, 1.54) is 11.3 Å². The zero-order valence-electron chi connectivity index (χ0n) is 13.5. The fourth-order valence-corrected chi connectivity index (χ4v) is 4.04. The summed E-state index contributed by atoms with van der Waals surface area (Å²) < 4.78 is 6.31. The number of nitrogens with one attached hydrogen (secondary N) is 1. The molecule has 1 amide bonds. The Morgan fingerprint density at radius 1 is 1.28 bits per heavy atom. The molecule has 3 rings (SSSR count). The van der Waals surface area contributed by atoms with E-state index in [2.05, 4.69) is 16.9 Å². The second-order valence-corrected chi connectivity index (χ2v) is 7.35. The van der Waals surface area contributed by atoms with Gasteiger partial charge in [-0.05, 0) is 31.2 Å². The summed E-state index contributed by atoms with van der Waals surface area (Å²) in [5, 5.41) is 3.46. The first kappa shape index (κ1) is 17.3. The number of ether oxygens (including phenoxy) is 1. The number of hydrogen-bond donors (Lipinski definition) is 1. The van der Waals surface area contributed by atoms with Crippen LogP contribution in [0, 0.1) is 0 Å². The number of benzene rings is 1. The molecule has 128 valence electrons. The molecule has 2 aromatic heterocycles. The van der Waals surface area contributed by atoms with Crippen LogP contribution in [-0.2, 0) is 9.53 Å². The molecule has 0 saturated carbocycles. The maximum Gasteiger partial charge on any atom is 0.349 e. The molecule has 7 heteroatoms. The summed E-state index contributed by atoms with van der Waals surface area (Å²) in [5.74, 6) is -0.866. The number of nitrogens with zero attached hydrogens (tertiary/aromatic N) is 1. The topological polar surface area (TPSA) is 68.3 Å². The first-order valence-electron chi connectivity index (χ1n) is 7.64. The molecule has 0 fully saturated rings. The lowest BCUT2D eigenvalue weighted by Crippen LogP contribution is -2.35. The molecule has 1 unspecified atom stereocenters. The maximum absolute atomic E-state index is 12.2. The third-order valence-corrected chi connectivity index (χ3v) is 5.66. The lowest BCUT2D eigenvalue weighted by molar-refractivity contribution is -0.128. The minimum Gasteiger partial charge on any atom is -0.448 e. The van der Waals surface area contributed by atoms with Crippen molar-refractivity contribution in [1.29, 1.82) is 0 Å². The van der Waals surface area contributed by atoms with Crippen molar-refractivity contribution in [1.82, 2.24) is 10.3 Å². The van der Waals surface area contributed by atoms with Crippen LogP contribution in [0.15, 0.2) is 49.1 Å². The van der Waals surface area contributed by atoms with Crippen molar-refractivity contribution in [3.8, 4) is 9.88 Å². The molecule has 5 nitrogen and oxygen atoms in total. The smallest absolute Gasteiger partial charge is 0.349 e. The average Bonchev–Trinajstić information content (AvgIpc) is 3.25. The number of amides is 1. The summed E-state index contributed by atoms with van der Waals surface area (Å²) in [7, 11) is 0. The number of carbonyl (C=O) groups excluding carboxylic acids is 2. The lowest BCUT2D eigenvalue weighted by atomic mass is 10.3. The minimum atomic E-state index is -0.861. The van der Waals surface area contributed by atoms with Crippen LogP contribution >= 0.6 is 22.7 Å². The highest BCUT2D eigenvalue weighted by Gasteiger charge is 2.20. The van der Waals surface area contributed by atoms with Gasteiger partial charge in [0, 0.05) is 6.54 Å². The van der Waals surface area contributed by atoms with Crippen molar-refractivity contribution in [2.24, 2.45) is 0 Å². The third kappa shape index (κ3) is 3.94. The highest BCUT2D eigenvalue weighted by atomic mass is 32.1. The van der Waals surface area contributed by atoms with E-state index in [1.807, 2.05) is 30.3 Å². The van der Waals surface area contributed by atoms with Gasteiger partial charge in [0.05, 0.1) is 15.1 Å². The minimum absolute atomic E-state index is 0.335. The van der Waals surface area contributed by atoms with Gasteiger partial charge in [-0.15, -0.1) is 29.3 Å². The van der Waals surface area contributed by atoms with Gasteiger partial charge in [-0.3, -0.25) is 4.79 Å². The zero-order chi connectivity index (χ0) is 17.8. The molecule has 0 spiro atoms. The third-order valence-electron chi connectivity index (χ3n) is 3.39. The van der Waals surface area contributed by atoms with Gasteiger partial charge in [-0.25, -0.2) is 9.78 Å². The van der Waals surface area contributed by atoms with Crippen LogP contribution < -0.4 is 5.32 Å². The molecule has 1 N–H and O–H groups in total.